The zero-order valence-corrected chi connectivity index (χ0v) is 12.2. The Kier molecular flexibility index (Phi) is 2.96. The van der Waals surface area contributed by atoms with E-state index in [1.54, 1.807) is 0 Å². The summed E-state index contributed by atoms with van der Waals surface area (Å²) in [5, 5.41) is 0. The fraction of sp³-hybridized carbons (Fsp3) is 0.500. The molecule has 1 aliphatic carbocycles. The van der Waals surface area contributed by atoms with Crippen molar-refractivity contribution in [1.82, 2.24) is 14.9 Å². The molecular weight excluding hydrogens is 266 g/mol. The van der Waals surface area contributed by atoms with Crippen LogP contribution in [0.1, 0.15) is 47.4 Å². The first-order chi connectivity index (χ1) is 10.2. The average molecular weight is 285 g/mol. The van der Waals surface area contributed by atoms with Gasteiger partial charge in [0, 0.05) is 25.4 Å². The molecule has 0 amide bonds. The maximum absolute atomic E-state index is 12.3. The maximum Gasteiger partial charge on any atom is 0.255 e. The van der Waals surface area contributed by atoms with Crippen LogP contribution in [0.25, 0.3) is 0 Å². The van der Waals surface area contributed by atoms with Crippen molar-refractivity contribution >= 4 is 0 Å². The Morgan fingerprint density at radius 2 is 2.29 bits per heavy atom. The molecule has 5 heteroatoms. The molecular formula is C16H19N3O2. The fourth-order valence-corrected chi connectivity index (χ4v) is 2.98. The fourth-order valence-electron chi connectivity index (χ4n) is 2.98. The van der Waals surface area contributed by atoms with Gasteiger partial charge in [-0.1, -0.05) is 0 Å². The van der Waals surface area contributed by atoms with E-state index in [2.05, 4.69) is 14.9 Å². The summed E-state index contributed by atoms with van der Waals surface area (Å²) in [6, 6.07) is 3.98. The van der Waals surface area contributed by atoms with Gasteiger partial charge in [-0.25, -0.2) is 4.98 Å². The number of H-pyrrole nitrogens is 1. The van der Waals surface area contributed by atoms with Gasteiger partial charge >= 0.3 is 0 Å². The number of nitrogens with one attached hydrogen (secondary N) is 1. The summed E-state index contributed by atoms with van der Waals surface area (Å²) in [7, 11) is 0. The molecule has 1 fully saturated rings. The first-order valence-electron chi connectivity index (χ1n) is 7.58. The maximum atomic E-state index is 12.3. The molecule has 2 aromatic rings. The van der Waals surface area contributed by atoms with Crippen LogP contribution in [-0.4, -0.2) is 21.4 Å². The van der Waals surface area contributed by atoms with Crippen LogP contribution in [0.4, 0.5) is 0 Å². The van der Waals surface area contributed by atoms with Gasteiger partial charge in [0.25, 0.3) is 5.56 Å². The second-order valence-corrected chi connectivity index (χ2v) is 6.12. The number of hydrogen-bond donors (Lipinski definition) is 1. The number of fused-ring (bicyclic) bond motifs is 1. The van der Waals surface area contributed by atoms with E-state index in [1.807, 2.05) is 19.1 Å². The number of hydrogen-bond acceptors (Lipinski definition) is 4. The highest BCUT2D eigenvalue weighted by Gasteiger charge is 2.29. The second-order valence-electron chi connectivity index (χ2n) is 6.12. The van der Waals surface area contributed by atoms with Gasteiger partial charge in [-0.3, -0.25) is 9.69 Å². The van der Waals surface area contributed by atoms with Crippen LogP contribution in [-0.2, 0) is 19.5 Å². The zero-order chi connectivity index (χ0) is 14.4. The van der Waals surface area contributed by atoms with Gasteiger partial charge in [0.05, 0.1) is 17.8 Å². The third kappa shape index (κ3) is 2.53. The van der Waals surface area contributed by atoms with E-state index < -0.39 is 0 Å². The second kappa shape index (κ2) is 4.84. The summed E-state index contributed by atoms with van der Waals surface area (Å²) < 4.78 is 5.62. The highest BCUT2D eigenvalue weighted by molar-refractivity contribution is 5.23. The molecule has 2 aromatic heterocycles. The molecule has 0 radical (unpaired) electrons. The minimum absolute atomic E-state index is 0.0437. The summed E-state index contributed by atoms with van der Waals surface area (Å²) in [6.07, 6.45) is 3.16. The number of aromatic amines is 1. The predicted molar refractivity (Wildman–Crippen MR) is 78.1 cm³/mol. The molecule has 1 aliphatic heterocycles. The Morgan fingerprint density at radius 3 is 3.00 bits per heavy atom. The van der Waals surface area contributed by atoms with E-state index in [4.69, 9.17) is 4.42 Å². The summed E-state index contributed by atoms with van der Waals surface area (Å²) in [5.41, 5.74) is 1.86. The SMILES string of the molecule is Cc1ccc(CN2CCc3nc(C4CC4)[nH]c(=O)c3C2)o1. The van der Waals surface area contributed by atoms with E-state index in [0.717, 1.165) is 61.0 Å². The van der Waals surface area contributed by atoms with E-state index >= 15 is 0 Å². The van der Waals surface area contributed by atoms with Gasteiger partial charge in [0.15, 0.2) is 0 Å². The Morgan fingerprint density at radius 1 is 1.43 bits per heavy atom. The van der Waals surface area contributed by atoms with Crippen LogP contribution >= 0.6 is 0 Å². The highest BCUT2D eigenvalue weighted by Crippen LogP contribution is 2.37. The third-order valence-electron chi connectivity index (χ3n) is 4.31. The smallest absolute Gasteiger partial charge is 0.255 e. The summed E-state index contributed by atoms with van der Waals surface area (Å²) in [6.45, 7) is 4.27. The average Bonchev–Trinajstić information content (AvgIpc) is 3.24. The van der Waals surface area contributed by atoms with Gasteiger partial charge in [-0.2, -0.15) is 0 Å². The van der Waals surface area contributed by atoms with Gasteiger partial charge in [0.2, 0.25) is 0 Å². The van der Waals surface area contributed by atoms with E-state index in [1.165, 1.54) is 0 Å². The molecule has 0 atom stereocenters. The lowest BCUT2D eigenvalue weighted by atomic mass is 10.1. The first kappa shape index (κ1) is 12.8. The van der Waals surface area contributed by atoms with Crippen LogP contribution in [0, 0.1) is 6.92 Å². The van der Waals surface area contributed by atoms with Gasteiger partial charge < -0.3 is 9.40 Å². The number of rotatable bonds is 3. The van der Waals surface area contributed by atoms with Crippen molar-refractivity contribution in [2.24, 2.45) is 0 Å². The van der Waals surface area contributed by atoms with Crippen LogP contribution < -0.4 is 5.56 Å². The number of aromatic nitrogens is 2. The molecule has 110 valence electrons. The van der Waals surface area contributed by atoms with Crippen molar-refractivity contribution in [3.63, 3.8) is 0 Å². The largest absolute Gasteiger partial charge is 0.465 e. The van der Waals surface area contributed by atoms with E-state index in [-0.39, 0.29) is 5.56 Å². The van der Waals surface area contributed by atoms with E-state index in [0.29, 0.717) is 12.5 Å². The topological polar surface area (TPSA) is 62.1 Å². The van der Waals surface area contributed by atoms with Crippen molar-refractivity contribution in [1.29, 1.82) is 0 Å². The van der Waals surface area contributed by atoms with Crippen LogP contribution in [0.2, 0.25) is 0 Å². The molecule has 21 heavy (non-hydrogen) atoms. The number of aryl methyl sites for hydroxylation is 1. The van der Waals surface area contributed by atoms with Crippen molar-refractivity contribution in [3.05, 3.63) is 51.1 Å². The summed E-state index contributed by atoms with van der Waals surface area (Å²) in [4.78, 5) is 22.2. The van der Waals surface area contributed by atoms with Crippen molar-refractivity contribution in [2.45, 2.75) is 45.2 Å². The zero-order valence-electron chi connectivity index (χ0n) is 12.2. The van der Waals surface area contributed by atoms with Crippen molar-refractivity contribution < 1.29 is 4.42 Å². The minimum atomic E-state index is 0.0437. The lowest BCUT2D eigenvalue weighted by Gasteiger charge is -2.26. The predicted octanol–water partition coefficient (Wildman–Crippen LogP) is 2.11. The normalized spacial score (nSPS) is 18.7. The highest BCUT2D eigenvalue weighted by atomic mass is 16.3. The van der Waals surface area contributed by atoms with Crippen molar-refractivity contribution in [2.75, 3.05) is 6.54 Å². The quantitative estimate of drug-likeness (QED) is 0.938. The molecule has 5 nitrogen and oxygen atoms in total. The van der Waals surface area contributed by atoms with Crippen LogP contribution in [0.3, 0.4) is 0 Å². The Balaban J connectivity index is 1.55. The first-order valence-corrected chi connectivity index (χ1v) is 7.58. The molecule has 0 bridgehead atoms. The molecule has 0 unspecified atom stereocenters. The summed E-state index contributed by atoms with van der Waals surface area (Å²) >= 11 is 0. The molecule has 1 N–H and O–H groups in total. The van der Waals surface area contributed by atoms with Crippen LogP contribution in [0.15, 0.2) is 21.3 Å². The van der Waals surface area contributed by atoms with Crippen molar-refractivity contribution in [3.8, 4) is 0 Å². The van der Waals surface area contributed by atoms with Gasteiger partial charge in [-0.05, 0) is 31.9 Å². The lowest BCUT2D eigenvalue weighted by Crippen LogP contribution is -2.35. The molecule has 2 aliphatic rings. The number of nitrogens with zero attached hydrogens (tertiary/aromatic N) is 2. The molecule has 0 aromatic carbocycles. The Bertz CT molecular complexity index is 727. The molecule has 3 heterocycles. The summed E-state index contributed by atoms with van der Waals surface area (Å²) in [5.74, 6) is 3.27. The lowest BCUT2D eigenvalue weighted by molar-refractivity contribution is 0.221. The molecule has 1 saturated carbocycles. The monoisotopic (exact) mass is 285 g/mol. The standard InChI is InChI=1S/C16H19N3O2/c1-10-2-5-12(21-10)8-19-7-6-14-13(9-19)16(20)18-15(17-14)11-3-4-11/h2,5,11H,3-4,6-9H2,1H3,(H,17,18,20). The molecule has 0 saturated heterocycles. The van der Waals surface area contributed by atoms with E-state index in [9.17, 15) is 4.79 Å². The van der Waals surface area contributed by atoms with Gasteiger partial charge in [-0.15, -0.1) is 0 Å². The molecule has 4 rings (SSSR count). The van der Waals surface area contributed by atoms with Gasteiger partial charge in [0.1, 0.15) is 17.3 Å². The number of furan rings is 1. The minimum Gasteiger partial charge on any atom is -0.465 e. The molecule has 0 spiro atoms. The van der Waals surface area contributed by atoms with Crippen LogP contribution in [0.5, 0.6) is 0 Å². The Labute approximate surface area is 123 Å². The third-order valence-corrected chi connectivity index (χ3v) is 4.31. The Hall–Kier alpha value is -1.88.